The summed E-state index contributed by atoms with van der Waals surface area (Å²) in [5.41, 5.74) is 8.46. The molecular weight excluding hydrogens is 272 g/mol. The van der Waals surface area contributed by atoms with Crippen molar-refractivity contribution in [3.63, 3.8) is 0 Å². The van der Waals surface area contributed by atoms with Gasteiger partial charge in [-0.1, -0.05) is 62.6 Å². The number of nitrogens with two attached hydrogens (primary N) is 1. The summed E-state index contributed by atoms with van der Waals surface area (Å²) in [6.45, 7) is 3.00. The Labute approximate surface area is 132 Å². The van der Waals surface area contributed by atoms with Crippen LogP contribution in [0.15, 0.2) is 48.5 Å². The molecule has 3 nitrogen and oxygen atoms in total. The molecule has 116 valence electrons. The summed E-state index contributed by atoms with van der Waals surface area (Å²) < 4.78 is 5.75. The van der Waals surface area contributed by atoms with Crippen LogP contribution in [0.25, 0.3) is 11.1 Å². The highest BCUT2D eigenvalue weighted by atomic mass is 16.5. The first-order valence-corrected chi connectivity index (χ1v) is 7.88. The van der Waals surface area contributed by atoms with E-state index < -0.39 is 0 Å². The van der Waals surface area contributed by atoms with Crippen LogP contribution in [0.5, 0.6) is 5.75 Å². The molecule has 0 heterocycles. The van der Waals surface area contributed by atoms with Gasteiger partial charge in [-0.25, -0.2) is 0 Å². The van der Waals surface area contributed by atoms with Gasteiger partial charge in [0.2, 0.25) is 0 Å². The van der Waals surface area contributed by atoms with Gasteiger partial charge >= 0.3 is 0 Å². The van der Waals surface area contributed by atoms with Crippen molar-refractivity contribution in [2.24, 2.45) is 5.73 Å². The summed E-state index contributed by atoms with van der Waals surface area (Å²) in [7, 11) is 0. The van der Waals surface area contributed by atoms with Crippen molar-refractivity contribution >= 4 is 5.84 Å². The number of hydrogen-bond donors (Lipinski definition) is 2. The van der Waals surface area contributed by atoms with Crippen LogP contribution in [0.3, 0.4) is 0 Å². The second-order valence-corrected chi connectivity index (χ2v) is 5.42. The fourth-order valence-electron chi connectivity index (χ4n) is 2.30. The van der Waals surface area contributed by atoms with Crippen molar-refractivity contribution < 1.29 is 4.74 Å². The topological polar surface area (TPSA) is 59.1 Å². The average Bonchev–Trinajstić information content (AvgIpc) is 2.55. The van der Waals surface area contributed by atoms with E-state index >= 15 is 0 Å². The summed E-state index contributed by atoms with van der Waals surface area (Å²) in [5, 5.41) is 7.41. The normalized spacial score (nSPS) is 10.4. The molecule has 0 radical (unpaired) electrons. The van der Waals surface area contributed by atoms with E-state index in [1.54, 1.807) is 0 Å². The lowest BCUT2D eigenvalue weighted by molar-refractivity contribution is 0.305. The molecule has 22 heavy (non-hydrogen) atoms. The van der Waals surface area contributed by atoms with Gasteiger partial charge in [-0.3, -0.25) is 5.41 Å². The van der Waals surface area contributed by atoms with Gasteiger partial charge in [0.15, 0.2) is 0 Å². The first kappa shape index (κ1) is 16.1. The summed E-state index contributed by atoms with van der Waals surface area (Å²) in [6.07, 6.45) is 4.87. The van der Waals surface area contributed by atoms with Crippen molar-refractivity contribution in [3.8, 4) is 16.9 Å². The number of nitrogen functional groups attached to an aromatic ring is 1. The molecular formula is C19H24N2O. The van der Waals surface area contributed by atoms with Crippen LogP contribution in [0.4, 0.5) is 0 Å². The summed E-state index contributed by atoms with van der Waals surface area (Å²) >= 11 is 0. The fourth-order valence-corrected chi connectivity index (χ4v) is 2.30. The molecule has 0 aliphatic heterocycles. The zero-order valence-corrected chi connectivity index (χ0v) is 13.1. The van der Waals surface area contributed by atoms with Crippen LogP contribution in [-0.2, 0) is 0 Å². The first-order chi connectivity index (χ1) is 10.7. The number of nitrogens with one attached hydrogen (secondary N) is 1. The van der Waals surface area contributed by atoms with Crippen LogP contribution >= 0.6 is 0 Å². The number of unbranched alkanes of at least 4 members (excludes halogenated alkanes) is 3. The van der Waals surface area contributed by atoms with E-state index in [1.165, 1.54) is 19.3 Å². The SMILES string of the molecule is CCCCCCOc1ccc(-c2ccc(C(=N)N)cc2)cc1. The van der Waals surface area contributed by atoms with Crippen molar-refractivity contribution in [1.82, 2.24) is 0 Å². The molecule has 3 heteroatoms. The maximum atomic E-state index is 7.41. The molecule has 0 amide bonds. The lowest BCUT2D eigenvalue weighted by Gasteiger charge is -2.08. The van der Waals surface area contributed by atoms with Crippen LogP contribution < -0.4 is 10.5 Å². The quantitative estimate of drug-likeness (QED) is 0.425. The second kappa shape index (κ2) is 8.23. The van der Waals surface area contributed by atoms with E-state index in [4.69, 9.17) is 15.9 Å². The van der Waals surface area contributed by atoms with Crippen molar-refractivity contribution in [3.05, 3.63) is 54.1 Å². The van der Waals surface area contributed by atoms with Gasteiger partial charge in [0.1, 0.15) is 11.6 Å². The standard InChI is InChI=1S/C19H24N2O/c1-2-3-4-5-14-22-18-12-10-16(11-13-18)15-6-8-17(9-7-15)19(20)21/h6-13H,2-5,14H2,1H3,(H3,20,21). The van der Waals surface area contributed by atoms with E-state index in [0.29, 0.717) is 0 Å². The van der Waals surface area contributed by atoms with Crippen LogP contribution in [0, 0.1) is 5.41 Å². The highest BCUT2D eigenvalue weighted by Gasteiger charge is 2.01. The molecule has 3 N–H and O–H groups in total. The Hall–Kier alpha value is -2.29. The predicted octanol–water partition coefficient (Wildman–Crippen LogP) is 4.60. The molecule has 0 saturated carbocycles. The summed E-state index contributed by atoms with van der Waals surface area (Å²) in [5.74, 6) is 1.01. The average molecular weight is 296 g/mol. The number of ether oxygens (including phenoxy) is 1. The van der Waals surface area contributed by atoms with E-state index in [1.807, 2.05) is 36.4 Å². The van der Waals surface area contributed by atoms with Gasteiger partial charge in [-0.05, 0) is 29.7 Å². The van der Waals surface area contributed by atoms with Gasteiger partial charge in [-0.2, -0.15) is 0 Å². The second-order valence-electron chi connectivity index (χ2n) is 5.42. The van der Waals surface area contributed by atoms with Crippen LogP contribution in [0.2, 0.25) is 0 Å². The van der Waals surface area contributed by atoms with Crippen molar-refractivity contribution in [1.29, 1.82) is 5.41 Å². The Morgan fingerprint density at radius 3 is 2.05 bits per heavy atom. The minimum Gasteiger partial charge on any atom is -0.494 e. The van der Waals surface area contributed by atoms with Gasteiger partial charge in [0.25, 0.3) is 0 Å². The lowest BCUT2D eigenvalue weighted by atomic mass is 10.0. The zero-order valence-electron chi connectivity index (χ0n) is 13.1. The zero-order chi connectivity index (χ0) is 15.8. The van der Waals surface area contributed by atoms with Crippen LogP contribution in [0.1, 0.15) is 38.2 Å². The smallest absolute Gasteiger partial charge is 0.122 e. The third-order valence-electron chi connectivity index (χ3n) is 3.65. The number of rotatable bonds is 8. The molecule has 2 rings (SSSR count). The van der Waals surface area contributed by atoms with Crippen LogP contribution in [-0.4, -0.2) is 12.4 Å². The van der Waals surface area contributed by atoms with Gasteiger partial charge in [0, 0.05) is 5.56 Å². The molecule has 0 aliphatic rings. The molecule has 0 aromatic heterocycles. The van der Waals surface area contributed by atoms with E-state index in [2.05, 4.69) is 19.1 Å². The molecule has 0 saturated heterocycles. The van der Waals surface area contributed by atoms with Gasteiger partial charge in [-0.15, -0.1) is 0 Å². The van der Waals surface area contributed by atoms with Crippen molar-refractivity contribution in [2.45, 2.75) is 32.6 Å². The molecule has 0 spiro atoms. The largest absolute Gasteiger partial charge is 0.494 e. The number of hydrogen-bond acceptors (Lipinski definition) is 2. The number of benzene rings is 2. The first-order valence-electron chi connectivity index (χ1n) is 7.88. The summed E-state index contributed by atoms with van der Waals surface area (Å²) in [4.78, 5) is 0. The van der Waals surface area contributed by atoms with Crippen molar-refractivity contribution in [2.75, 3.05) is 6.61 Å². The molecule has 0 fully saturated rings. The molecule has 2 aromatic carbocycles. The fraction of sp³-hybridized carbons (Fsp3) is 0.316. The monoisotopic (exact) mass is 296 g/mol. The molecule has 0 atom stereocenters. The predicted molar refractivity (Wildman–Crippen MR) is 92.5 cm³/mol. The molecule has 2 aromatic rings. The van der Waals surface area contributed by atoms with E-state index in [-0.39, 0.29) is 5.84 Å². The highest BCUT2D eigenvalue weighted by molar-refractivity contribution is 5.95. The van der Waals surface area contributed by atoms with Gasteiger partial charge < -0.3 is 10.5 Å². The maximum absolute atomic E-state index is 7.41. The Kier molecular flexibility index (Phi) is 6.01. The lowest BCUT2D eigenvalue weighted by Crippen LogP contribution is -2.10. The minimum atomic E-state index is 0.0957. The Bertz CT molecular complexity index is 588. The Morgan fingerprint density at radius 2 is 1.50 bits per heavy atom. The number of amidine groups is 1. The highest BCUT2D eigenvalue weighted by Crippen LogP contribution is 2.23. The van der Waals surface area contributed by atoms with E-state index in [0.717, 1.165) is 35.5 Å². The third-order valence-corrected chi connectivity index (χ3v) is 3.65. The Morgan fingerprint density at radius 1 is 0.909 bits per heavy atom. The molecule has 0 aliphatic carbocycles. The Balaban J connectivity index is 1.92. The molecule has 0 unspecified atom stereocenters. The molecule has 0 bridgehead atoms. The third kappa shape index (κ3) is 4.62. The van der Waals surface area contributed by atoms with E-state index in [9.17, 15) is 0 Å². The van der Waals surface area contributed by atoms with Gasteiger partial charge in [0.05, 0.1) is 6.61 Å². The maximum Gasteiger partial charge on any atom is 0.122 e. The minimum absolute atomic E-state index is 0.0957. The summed E-state index contributed by atoms with van der Waals surface area (Å²) in [6, 6.07) is 15.8.